The third-order valence-electron chi connectivity index (χ3n) is 3.20. The number of carbonyl (C=O) groups excluding carboxylic acids is 1. The molecule has 1 heterocycles. The molecule has 0 bridgehead atoms. The summed E-state index contributed by atoms with van der Waals surface area (Å²) in [6.45, 7) is 1.51. The number of nitriles is 1. The van der Waals surface area contributed by atoms with E-state index in [9.17, 15) is 18.3 Å². The summed E-state index contributed by atoms with van der Waals surface area (Å²) in [7, 11) is -3.46. The zero-order valence-corrected chi connectivity index (χ0v) is 14.6. The highest BCUT2D eigenvalue weighted by molar-refractivity contribution is 7.90. The van der Waals surface area contributed by atoms with Crippen molar-refractivity contribution in [1.29, 1.82) is 5.26 Å². The lowest BCUT2D eigenvalue weighted by Gasteiger charge is -2.09. The summed E-state index contributed by atoms with van der Waals surface area (Å²) in [5.41, 5.74) is -0.388. The molecule has 0 saturated heterocycles. The first kappa shape index (κ1) is 18.5. The van der Waals surface area contributed by atoms with Crippen molar-refractivity contribution in [2.45, 2.75) is 11.8 Å². The number of aliphatic hydroxyl groups is 1. The number of hydrogen-bond donors (Lipinski definition) is 2. The Morgan fingerprint density at radius 1 is 1.44 bits per heavy atom. The van der Waals surface area contributed by atoms with Crippen molar-refractivity contribution in [2.24, 2.45) is 0 Å². The molecule has 0 saturated carbocycles. The molecular weight excluding hydrogens is 370 g/mol. The Bertz CT molecular complexity index is 1020. The van der Waals surface area contributed by atoms with Crippen molar-refractivity contribution in [3.63, 3.8) is 0 Å². The van der Waals surface area contributed by atoms with Gasteiger partial charge in [0.15, 0.2) is 21.2 Å². The summed E-state index contributed by atoms with van der Waals surface area (Å²) in [5.74, 6) is -1.29. The number of halogens is 1. The average Bonchev–Trinajstić information content (AvgIpc) is 2.95. The van der Waals surface area contributed by atoms with E-state index in [2.05, 4.69) is 10.5 Å². The zero-order chi connectivity index (χ0) is 18.8. The van der Waals surface area contributed by atoms with Gasteiger partial charge >= 0.3 is 0 Å². The Hall–Kier alpha value is -2.83. The van der Waals surface area contributed by atoms with Crippen LogP contribution in [0, 0.1) is 18.3 Å². The molecular formula is C15H12ClN3O5S. The molecule has 1 aromatic heterocycles. The molecule has 0 radical (unpaired) electrons. The van der Waals surface area contributed by atoms with E-state index in [-0.39, 0.29) is 26.9 Å². The Morgan fingerprint density at radius 2 is 2.12 bits per heavy atom. The summed E-state index contributed by atoms with van der Waals surface area (Å²) < 4.78 is 27.7. The monoisotopic (exact) mass is 381 g/mol. The van der Waals surface area contributed by atoms with E-state index in [1.807, 2.05) is 0 Å². The van der Waals surface area contributed by atoms with Crippen molar-refractivity contribution < 1.29 is 22.8 Å². The third kappa shape index (κ3) is 3.99. The highest BCUT2D eigenvalue weighted by Gasteiger charge is 2.21. The number of nitrogens with one attached hydrogen (secondary N) is 1. The number of nitrogens with zero attached hydrogens (tertiary/aromatic N) is 2. The van der Waals surface area contributed by atoms with Gasteiger partial charge in [-0.2, -0.15) is 5.26 Å². The summed E-state index contributed by atoms with van der Waals surface area (Å²) in [6, 6.07) is 5.32. The Labute approximate surface area is 148 Å². The van der Waals surface area contributed by atoms with Gasteiger partial charge in [0.1, 0.15) is 11.8 Å². The highest BCUT2D eigenvalue weighted by atomic mass is 35.5. The lowest BCUT2D eigenvalue weighted by molar-refractivity contribution is -0.112. The molecule has 25 heavy (non-hydrogen) atoms. The van der Waals surface area contributed by atoms with Gasteiger partial charge in [0.25, 0.3) is 5.91 Å². The molecule has 130 valence electrons. The summed E-state index contributed by atoms with van der Waals surface area (Å²) >= 11 is 5.97. The fourth-order valence-corrected chi connectivity index (χ4v) is 2.82. The van der Waals surface area contributed by atoms with Gasteiger partial charge in [0.2, 0.25) is 0 Å². The largest absolute Gasteiger partial charge is 0.506 e. The van der Waals surface area contributed by atoms with Gasteiger partial charge in [-0.25, -0.2) is 8.42 Å². The number of aromatic nitrogens is 1. The van der Waals surface area contributed by atoms with E-state index in [1.54, 1.807) is 6.07 Å². The maximum absolute atomic E-state index is 12.2. The molecule has 2 N–H and O–H groups in total. The van der Waals surface area contributed by atoms with E-state index >= 15 is 0 Å². The molecule has 2 aromatic rings. The van der Waals surface area contributed by atoms with Crippen LogP contribution in [0.4, 0.5) is 5.69 Å². The fraction of sp³-hybridized carbons (Fsp3) is 0.133. The molecule has 2 rings (SSSR count). The lowest BCUT2D eigenvalue weighted by atomic mass is 10.1. The van der Waals surface area contributed by atoms with Crippen LogP contribution < -0.4 is 5.32 Å². The second-order valence-electron chi connectivity index (χ2n) is 5.00. The minimum Gasteiger partial charge on any atom is -0.506 e. The minimum atomic E-state index is -3.46. The molecule has 0 aliphatic rings. The number of amides is 1. The molecule has 10 heteroatoms. The number of carbonyl (C=O) groups is 1. The van der Waals surface area contributed by atoms with E-state index in [1.165, 1.54) is 31.3 Å². The third-order valence-corrected chi connectivity index (χ3v) is 4.62. The van der Waals surface area contributed by atoms with Crippen molar-refractivity contribution in [1.82, 2.24) is 5.16 Å². The van der Waals surface area contributed by atoms with Crippen LogP contribution >= 0.6 is 11.6 Å². The van der Waals surface area contributed by atoms with E-state index in [0.717, 1.165) is 6.26 Å². The van der Waals surface area contributed by atoms with Crippen molar-refractivity contribution in [3.8, 4) is 6.07 Å². The first-order chi connectivity index (χ1) is 11.6. The van der Waals surface area contributed by atoms with Crippen LogP contribution in [0.3, 0.4) is 0 Å². The predicted molar refractivity (Wildman–Crippen MR) is 89.6 cm³/mol. The Morgan fingerprint density at radius 3 is 2.60 bits per heavy atom. The van der Waals surface area contributed by atoms with Gasteiger partial charge in [-0.05, 0) is 25.1 Å². The number of aliphatic hydroxyl groups excluding tert-OH is 1. The normalized spacial score (nSPS) is 12.2. The Kier molecular flexibility index (Phi) is 5.15. The van der Waals surface area contributed by atoms with Gasteiger partial charge in [-0.1, -0.05) is 16.8 Å². The van der Waals surface area contributed by atoms with Crippen LogP contribution in [-0.2, 0) is 14.6 Å². The SMILES string of the molecule is Cc1oncc1C(O)=C(C#N)C(=O)Nc1ccc(S(C)(=O)=O)cc1Cl. The van der Waals surface area contributed by atoms with Crippen LogP contribution in [0.25, 0.3) is 5.76 Å². The van der Waals surface area contributed by atoms with Crippen LogP contribution in [0.5, 0.6) is 0 Å². The second-order valence-corrected chi connectivity index (χ2v) is 7.42. The second kappa shape index (κ2) is 6.96. The van der Waals surface area contributed by atoms with Gasteiger partial charge in [0.05, 0.1) is 27.4 Å². The maximum atomic E-state index is 12.2. The van der Waals surface area contributed by atoms with Crippen LogP contribution in [0.15, 0.2) is 39.4 Å². The molecule has 0 spiro atoms. The Balaban J connectivity index is 2.36. The summed E-state index contributed by atoms with van der Waals surface area (Å²) in [5, 5.41) is 25.0. The quantitative estimate of drug-likeness (QED) is 0.472. The molecule has 1 amide bonds. The molecule has 0 aliphatic carbocycles. The number of hydrogen-bond acceptors (Lipinski definition) is 7. The van der Waals surface area contributed by atoms with Gasteiger partial charge in [-0.15, -0.1) is 0 Å². The standard InChI is InChI=1S/C15H12ClN3O5S/c1-8-11(7-18-24-8)14(20)10(6-17)15(21)19-13-4-3-9(5-12(13)16)25(2,22)23/h3-5,7,20H,1-2H3,(H,19,21). The fourth-order valence-electron chi connectivity index (χ4n) is 1.88. The first-order valence-corrected chi connectivity index (χ1v) is 8.98. The summed E-state index contributed by atoms with van der Waals surface area (Å²) in [4.78, 5) is 12.2. The van der Waals surface area contributed by atoms with E-state index in [4.69, 9.17) is 21.4 Å². The molecule has 1 aromatic carbocycles. The van der Waals surface area contributed by atoms with Crippen LogP contribution in [-0.4, -0.2) is 30.8 Å². The number of benzene rings is 1. The molecule has 0 fully saturated rings. The first-order valence-electron chi connectivity index (χ1n) is 6.71. The predicted octanol–water partition coefficient (Wildman–Crippen LogP) is 2.47. The minimum absolute atomic E-state index is 0.0190. The topological polar surface area (TPSA) is 133 Å². The zero-order valence-electron chi connectivity index (χ0n) is 13.1. The maximum Gasteiger partial charge on any atom is 0.270 e. The van der Waals surface area contributed by atoms with Gasteiger partial charge in [-0.3, -0.25) is 4.79 Å². The average molecular weight is 382 g/mol. The summed E-state index contributed by atoms with van der Waals surface area (Å²) in [6.07, 6.45) is 2.19. The highest BCUT2D eigenvalue weighted by Crippen LogP contribution is 2.26. The number of aryl methyl sites for hydroxylation is 1. The van der Waals surface area contributed by atoms with Gasteiger partial charge < -0.3 is 14.9 Å². The van der Waals surface area contributed by atoms with E-state index < -0.39 is 27.1 Å². The molecule has 0 unspecified atom stereocenters. The number of rotatable bonds is 4. The van der Waals surface area contributed by atoms with Crippen molar-refractivity contribution >= 4 is 38.8 Å². The van der Waals surface area contributed by atoms with E-state index in [0.29, 0.717) is 0 Å². The van der Waals surface area contributed by atoms with Crippen LogP contribution in [0.1, 0.15) is 11.3 Å². The van der Waals surface area contributed by atoms with Crippen molar-refractivity contribution in [3.05, 3.63) is 46.3 Å². The molecule has 0 atom stereocenters. The van der Waals surface area contributed by atoms with Gasteiger partial charge in [0, 0.05) is 6.26 Å². The molecule has 8 nitrogen and oxygen atoms in total. The van der Waals surface area contributed by atoms with Crippen molar-refractivity contribution in [2.75, 3.05) is 11.6 Å². The lowest BCUT2D eigenvalue weighted by Crippen LogP contribution is -2.15. The smallest absolute Gasteiger partial charge is 0.270 e. The number of sulfone groups is 1. The number of anilines is 1. The molecule has 0 aliphatic heterocycles. The van der Waals surface area contributed by atoms with Crippen LogP contribution in [0.2, 0.25) is 5.02 Å².